The first-order chi connectivity index (χ1) is 8.15. The Morgan fingerprint density at radius 1 is 1.41 bits per heavy atom. The van der Waals surface area contributed by atoms with Gasteiger partial charge in [0, 0.05) is 25.8 Å². The highest BCUT2D eigenvalue weighted by Crippen LogP contribution is 2.34. The van der Waals surface area contributed by atoms with Gasteiger partial charge < -0.3 is 15.2 Å². The zero-order chi connectivity index (χ0) is 12.3. The highest BCUT2D eigenvalue weighted by atomic mass is 16.5. The summed E-state index contributed by atoms with van der Waals surface area (Å²) in [6.45, 7) is 3.58. The van der Waals surface area contributed by atoms with E-state index >= 15 is 0 Å². The Morgan fingerprint density at radius 3 is 2.76 bits per heavy atom. The third kappa shape index (κ3) is 2.79. The second-order valence-corrected chi connectivity index (χ2v) is 4.98. The minimum absolute atomic E-state index is 0.0411. The maximum absolute atomic E-state index is 9.72. The van der Waals surface area contributed by atoms with E-state index in [0.29, 0.717) is 12.3 Å². The monoisotopic (exact) mass is 235 g/mol. The minimum atomic E-state index is 0.0411. The number of phenolic OH excluding ortho intramolecular Hbond substituents is 1. The van der Waals surface area contributed by atoms with Crippen LogP contribution in [0.15, 0.2) is 18.2 Å². The number of benzene rings is 1. The van der Waals surface area contributed by atoms with Gasteiger partial charge in [-0.15, -0.1) is 0 Å². The minimum Gasteiger partial charge on any atom is -0.508 e. The van der Waals surface area contributed by atoms with Crippen molar-refractivity contribution in [2.45, 2.75) is 38.3 Å². The van der Waals surface area contributed by atoms with Crippen LogP contribution in [-0.4, -0.2) is 24.4 Å². The highest BCUT2D eigenvalue weighted by molar-refractivity contribution is 5.35. The first-order valence-corrected chi connectivity index (χ1v) is 6.20. The summed E-state index contributed by atoms with van der Waals surface area (Å²) in [7, 11) is 1.78. The van der Waals surface area contributed by atoms with E-state index in [0.717, 1.165) is 24.9 Å². The van der Waals surface area contributed by atoms with E-state index in [2.05, 4.69) is 5.32 Å². The molecule has 3 heteroatoms. The molecule has 1 aromatic carbocycles. The highest BCUT2D eigenvalue weighted by Gasteiger charge is 2.36. The third-order valence-corrected chi connectivity index (χ3v) is 3.70. The molecule has 1 saturated carbocycles. The topological polar surface area (TPSA) is 41.5 Å². The number of nitrogens with one attached hydrogen (secondary N) is 1. The van der Waals surface area contributed by atoms with Gasteiger partial charge in [0.05, 0.1) is 5.60 Å². The lowest BCUT2D eigenvalue weighted by Gasteiger charge is -2.40. The summed E-state index contributed by atoms with van der Waals surface area (Å²) < 4.78 is 5.54. The fourth-order valence-electron chi connectivity index (χ4n) is 2.31. The summed E-state index contributed by atoms with van der Waals surface area (Å²) in [5.41, 5.74) is 2.17. The Balaban J connectivity index is 1.87. The van der Waals surface area contributed by atoms with Crippen LogP contribution in [0.1, 0.15) is 30.4 Å². The molecule has 0 unspecified atom stereocenters. The Labute approximate surface area is 103 Å². The van der Waals surface area contributed by atoms with Gasteiger partial charge in [-0.3, -0.25) is 0 Å². The molecule has 1 aliphatic rings. The van der Waals surface area contributed by atoms with Crippen molar-refractivity contribution < 1.29 is 9.84 Å². The lowest BCUT2D eigenvalue weighted by Crippen LogP contribution is -2.47. The quantitative estimate of drug-likeness (QED) is 0.823. The molecule has 0 heterocycles. The molecule has 0 atom stereocenters. The van der Waals surface area contributed by atoms with E-state index in [1.165, 1.54) is 12.0 Å². The second-order valence-electron chi connectivity index (χ2n) is 4.98. The maximum atomic E-state index is 9.72. The van der Waals surface area contributed by atoms with Crippen molar-refractivity contribution in [2.75, 3.05) is 13.7 Å². The van der Waals surface area contributed by atoms with E-state index in [4.69, 9.17) is 4.74 Å². The molecule has 0 bridgehead atoms. The molecule has 1 aliphatic carbocycles. The Kier molecular flexibility index (Phi) is 3.69. The maximum Gasteiger partial charge on any atom is 0.120 e. The number of hydrogen-bond donors (Lipinski definition) is 2. The summed E-state index contributed by atoms with van der Waals surface area (Å²) in [6, 6.07) is 5.69. The molecule has 0 amide bonds. The zero-order valence-electron chi connectivity index (χ0n) is 10.6. The molecule has 0 radical (unpaired) electrons. The molecule has 2 rings (SSSR count). The molecule has 17 heavy (non-hydrogen) atoms. The van der Waals surface area contributed by atoms with Gasteiger partial charge in [-0.05, 0) is 32.3 Å². The predicted molar refractivity (Wildman–Crippen MR) is 68.1 cm³/mol. The van der Waals surface area contributed by atoms with Crippen molar-refractivity contribution in [1.29, 1.82) is 0 Å². The third-order valence-electron chi connectivity index (χ3n) is 3.70. The summed E-state index contributed by atoms with van der Waals surface area (Å²) in [5.74, 6) is 0.364. The van der Waals surface area contributed by atoms with Gasteiger partial charge >= 0.3 is 0 Å². The smallest absolute Gasteiger partial charge is 0.120 e. The standard InChI is InChI=1S/C14H21NO2/c1-11-4-5-13(16)12(8-11)9-15-10-14(17-2)6-3-7-14/h4-5,8,15-16H,3,6-7,9-10H2,1-2H3. The van der Waals surface area contributed by atoms with Crippen LogP contribution in [0, 0.1) is 6.92 Å². The molecule has 1 aromatic rings. The molecular weight excluding hydrogens is 214 g/mol. The van der Waals surface area contributed by atoms with Crippen molar-refractivity contribution in [2.24, 2.45) is 0 Å². The van der Waals surface area contributed by atoms with Crippen LogP contribution in [-0.2, 0) is 11.3 Å². The fourth-order valence-corrected chi connectivity index (χ4v) is 2.31. The van der Waals surface area contributed by atoms with Crippen LogP contribution in [0.3, 0.4) is 0 Å². The number of ether oxygens (including phenoxy) is 1. The first kappa shape index (κ1) is 12.4. The van der Waals surface area contributed by atoms with Gasteiger partial charge in [-0.1, -0.05) is 17.7 Å². The molecule has 0 saturated heterocycles. The summed E-state index contributed by atoms with van der Waals surface area (Å²) in [6.07, 6.45) is 3.53. The van der Waals surface area contributed by atoms with Crippen molar-refractivity contribution in [3.8, 4) is 5.75 Å². The number of hydrogen-bond acceptors (Lipinski definition) is 3. The second kappa shape index (κ2) is 5.07. The normalized spacial score (nSPS) is 17.8. The molecule has 3 nitrogen and oxygen atoms in total. The van der Waals surface area contributed by atoms with Crippen LogP contribution < -0.4 is 5.32 Å². The van der Waals surface area contributed by atoms with E-state index in [9.17, 15) is 5.11 Å². The lowest BCUT2D eigenvalue weighted by atomic mass is 9.80. The van der Waals surface area contributed by atoms with E-state index in [1.807, 2.05) is 19.1 Å². The van der Waals surface area contributed by atoms with Gasteiger partial charge in [0.1, 0.15) is 5.75 Å². The van der Waals surface area contributed by atoms with Crippen molar-refractivity contribution in [3.63, 3.8) is 0 Å². The zero-order valence-corrected chi connectivity index (χ0v) is 10.6. The molecule has 0 aliphatic heterocycles. The van der Waals surface area contributed by atoms with Crippen LogP contribution in [0.4, 0.5) is 0 Å². The van der Waals surface area contributed by atoms with Crippen molar-refractivity contribution >= 4 is 0 Å². The Bertz CT molecular complexity index is 380. The van der Waals surface area contributed by atoms with Crippen molar-refractivity contribution in [3.05, 3.63) is 29.3 Å². The Morgan fingerprint density at radius 2 is 2.18 bits per heavy atom. The first-order valence-electron chi connectivity index (χ1n) is 6.20. The molecule has 0 aromatic heterocycles. The fraction of sp³-hybridized carbons (Fsp3) is 0.571. The lowest BCUT2D eigenvalue weighted by molar-refractivity contribution is -0.0695. The molecule has 2 N–H and O–H groups in total. The van der Waals surface area contributed by atoms with Gasteiger partial charge in [-0.25, -0.2) is 0 Å². The molecule has 94 valence electrons. The molecule has 1 fully saturated rings. The largest absolute Gasteiger partial charge is 0.508 e. The number of aryl methyl sites for hydroxylation is 1. The number of phenols is 1. The van der Waals surface area contributed by atoms with Crippen LogP contribution in [0.25, 0.3) is 0 Å². The SMILES string of the molecule is COC1(CNCc2cc(C)ccc2O)CCC1. The van der Waals surface area contributed by atoms with Gasteiger partial charge in [0.15, 0.2) is 0 Å². The predicted octanol–water partition coefficient (Wildman–Crippen LogP) is 2.36. The summed E-state index contributed by atoms with van der Waals surface area (Å²) >= 11 is 0. The average Bonchev–Trinajstić information content (AvgIpc) is 2.27. The number of rotatable bonds is 5. The van der Waals surface area contributed by atoms with Crippen LogP contribution in [0.2, 0.25) is 0 Å². The summed E-state index contributed by atoms with van der Waals surface area (Å²) in [5, 5.41) is 13.1. The van der Waals surface area contributed by atoms with E-state index in [1.54, 1.807) is 13.2 Å². The van der Waals surface area contributed by atoms with Gasteiger partial charge in [-0.2, -0.15) is 0 Å². The molecular formula is C14H21NO2. The van der Waals surface area contributed by atoms with E-state index in [-0.39, 0.29) is 5.60 Å². The van der Waals surface area contributed by atoms with E-state index < -0.39 is 0 Å². The molecule has 0 spiro atoms. The number of aromatic hydroxyl groups is 1. The van der Waals surface area contributed by atoms with Crippen LogP contribution >= 0.6 is 0 Å². The summed E-state index contributed by atoms with van der Waals surface area (Å²) in [4.78, 5) is 0. The van der Waals surface area contributed by atoms with Gasteiger partial charge in [0.2, 0.25) is 0 Å². The average molecular weight is 235 g/mol. The number of methoxy groups -OCH3 is 1. The Hall–Kier alpha value is -1.06. The van der Waals surface area contributed by atoms with Gasteiger partial charge in [0.25, 0.3) is 0 Å². The van der Waals surface area contributed by atoms with Crippen LogP contribution in [0.5, 0.6) is 5.75 Å². The van der Waals surface area contributed by atoms with Crippen molar-refractivity contribution in [1.82, 2.24) is 5.32 Å².